The summed E-state index contributed by atoms with van der Waals surface area (Å²) in [5.74, 6) is -1.47. The largest absolute Gasteiger partial charge is 0.497 e. The Kier molecular flexibility index (Phi) is 10.2. The predicted molar refractivity (Wildman–Crippen MR) is 130 cm³/mol. The number of esters is 1. The summed E-state index contributed by atoms with van der Waals surface area (Å²) >= 11 is 5.87. The van der Waals surface area contributed by atoms with Crippen LogP contribution in [0.15, 0.2) is 42.0 Å². The molecular weight excluding hydrogens is 500 g/mol. The number of halogens is 1. The highest BCUT2D eigenvalue weighted by molar-refractivity contribution is 6.30. The smallest absolute Gasteiger partial charge is 0.335 e. The molecule has 1 saturated heterocycles. The molecular formula is C22H23ClN4O9. The van der Waals surface area contributed by atoms with Gasteiger partial charge in [0.1, 0.15) is 0 Å². The normalized spacial score (nSPS) is 13.8. The summed E-state index contributed by atoms with van der Waals surface area (Å²) in [6.07, 6.45) is 5.58. The predicted octanol–water partition coefficient (Wildman–Crippen LogP) is 4.50. The van der Waals surface area contributed by atoms with Gasteiger partial charge in [-0.05, 0) is 49.7 Å². The molecule has 0 aromatic heterocycles. The minimum absolute atomic E-state index is 0.259. The van der Waals surface area contributed by atoms with Gasteiger partial charge >= 0.3 is 17.3 Å². The van der Waals surface area contributed by atoms with Crippen LogP contribution >= 0.6 is 11.6 Å². The standard InChI is InChI=1S/C16H20ClNO2.C6H3N3O7/c1-20-16(19)14(12-18-9-3-2-4-10-18)11-13-5-7-15(17)8-6-13;10-6-4(8(13)14)1-3(7(11)12)2-5(6)9(15)16/h5-8,11H,2-4,9-10,12H2,1H3;1-2,10H. The molecule has 1 fully saturated rings. The quantitative estimate of drug-likeness (QED) is 0.235. The summed E-state index contributed by atoms with van der Waals surface area (Å²) in [6.45, 7) is 2.75. The maximum atomic E-state index is 11.9. The molecule has 2 aromatic rings. The number of nitrogens with zero attached hydrogens (tertiary/aromatic N) is 4. The second-order valence-corrected chi connectivity index (χ2v) is 8.09. The number of nitro groups is 3. The Morgan fingerprint density at radius 1 is 1.00 bits per heavy atom. The Bertz CT molecular complexity index is 1130. The minimum atomic E-state index is -1.21. The summed E-state index contributed by atoms with van der Waals surface area (Å²) in [5, 5.41) is 40.9. The topological polar surface area (TPSA) is 179 Å². The molecule has 0 atom stereocenters. The number of aromatic hydroxyl groups is 1. The van der Waals surface area contributed by atoms with E-state index in [0.717, 1.165) is 18.7 Å². The molecule has 1 aliphatic rings. The summed E-state index contributed by atoms with van der Waals surface area (Å²) < 4.78 is 4.89. The van der Waals surface area contributed by atoms with E-state index in [1.54, 1.807) is 0 Å². The third kappa shape index (κ3) is 7.99. The van der Waals surface area contributed by atoms with Gasteiger partial charge in [0.15, 0.2) is 0 Å². The van der Waals surface area contributed by atoms with Crippen LogP contribution in [-0.4, -0.2) is 57.5 Å². The van der Waals surface area contributed by atoms with Gasteiger partial charge in [-0.3, -0.25) is 35.2 Å². The fraction of sp³-hybridized carbons (Fsp3) is 0.318. The first-order valence-corrected chi connectivity index (χ1v) is 11.0. The molecule has 14 heteroatoms. The number of piperidine rings is 1. The van der Waals surface area contributed by atoms with Crippen molar-refractivity contribution in [1.29, 1.82) is 0 Å². The maximum absolute atomic E-state index is 11.9. The number of phenolic OH excluding ortho intramolecular Hbond substituents is 1. The highest BCUT2D eigenvalue weighted by atomic mass is 35.5. The third-order valence-corrected chi connectivity index (χ3v) is 5.41. The Morgan fingerprint density at radius 3 is 1.97 bits per heavy atom. The number of carbonyl (C=O) groups excluding carboxylic acids is 1. The van der Waals surface area contributed by atoms with Gasteiger partial charge in [-0.25, -0.2) is 4.79 Å². The summed E-state index contributed by atoms with van der Waals surface area (Å²) in [4.78, 5) is 42.0. The van der Waals surface area contributed by atoms with Gasteiger partial charge in [-0.2, -0.15) is 0 Å². The molecule has 13 nitrogen and oxygen atoms in total. The Morgan fingerprint density at radius 2 is 1.53 bits per heavy atom. The fourth-order valence-electron chi connectivity index (χ4n) is 3.39. The van der Waals surface area contributed by atoms with Crippen molar-refractivity contribution in [2.24, 2.45) is 0 Å². The molecule has 3 rings (SSSR count). The molecule has 0 amide bonds. The summed E-state index contributed by atoms with van der Waals surface area (Å²) in [5.41, 5.74) is -1.35. The zero-order valence-electron chi connectivity index (χ0n) is 19.2. The lowest BCUT2D eigenvalue weighted by molar-refractivity contribution is -0.404. The number of rotatable bonds is 7. The van der Waals surface area contributed by atoms with E-state index in [-0.39, 0.29) is 5.97 Å². The molecule has 0 unspecified atom stereocenters. The van der Waals surface area contributed by atoms with Crippen molar-refractivity contribution in [3.05, 3.63) is 82.9 Å². The Balaban J connectivity index is 0.000000261. The number of carbonyl (C=O) groups is 1. The van der Waals surface area contributed by atoms with E-state index >= 15 is 0 Å². The lowest BCUT2D eigenvalue weighted by atomic mass is 10.1. The van der Waals surface area contributed by atoms with Crippen LogP contribution in [0.1, 0.15) is 24.8 Å². The van der Waals surface area contributed by atoms with Crippen LogP contribution in [-0.2, 0) is 9.53 Å². The van der Waals surface area contributed by atoms with Crippen LogP contribution in [0.2, 0.25) is 5.02 Å². The van der Waals surface area contributed by atoms with Crippen molar-refractivity contribution in [3.8, 4) is 5.75 Å². The zero-order chi connectivity index (χ0) is 26.8. The first-order valence-electron chi connectivity index (χ1n) is 10.6. The van der Waals surface area contributed by atoms with Crippen molar-refractivity contribution >= 4 is 40.7 Å². The van der Waals surface area contributed by atoms with E-state index in [2.05, 4.69) is 4.90 Å². The lowest BCUT2D eigenvalue weighted by Gasteiger charge is -2.26. The van der Waals surface area contributed by atoms with Crippen molar-refractivity contribution in [1.82, 2.24) is 4.90 Å². The van der Waals surface area contributed by atoms with E-state index in [9.17, 15) is 35.1 Å². The molecule has 1 aliphatic heterocycles. The number of likely N-dealkylation sites (tertiary alicyclic amines) is 1. The van der Waals surface area contributed by atoms with Crippen LogP contribution in [0.25, 0.3) is 6.08 Å². The lowest BCUT2D eigenvalue weighted by Crippen LogP contribution is -2.33. The molecule has 1 heterocycles. The average Bonchev–Trinajstić information content (AvgIpc) is 2.85. The number of non-ortho nitro benzene ring substituents is 1. The van der Waals surface area contributed by atoms with Gasteiger partial charge in [-0.15, -0.1) is 0 Å². The molecule has 2 aromatic carbocycles. The van der Waals surface area contributed by atoms with Crippen LogP contribution < -0.4 is 0 Å². The van der Waals surface area contributed by atoms with Crippen molar-refractivity contribution < 1.29 is 29.4 Å². The van der Waals surface area contributed by atoms with Gasteiger partial charge in [0.2, 0.25) is 0 Å². The molecule has 0 spiro atoms. The minimum Gasteiger partial charge on any atom is -0.497 e. The summed E-state index contributed by atoms with van der Waals surface area (Å²) in [6, 6.07) is 8.35. The van der Waals surface area contributed by atoms with Gasteiger partial charge in [-0.1, -0.05) is 30.2 Å². The van der Waals surface area contributed by atoms with E-state index in [0.29, 0.717) is 29.3 Å². The van der Waals surface area contributed by atoms with Crippen molar-refractivity contribution in [3.63, 3.8) is 0 Å². The zero-order valence-corrected chi connectivity index (χ0v) is 19.9. The van der Waals surface area contributed by atoms with Crippen LogP contribution in [0.5, 0.6) is 5.75 Å². The number of phenols is 1. The van der Waals surface area contributed by atoms with Gasteiger partial charge in [0.25, 0.3) is 11.4 Å². The van der Waals surface area contributed by atoms with Gasteiger partial charge in [0.05, 0.1) is 39.6 Å². The maximum Gasteiger partial charge on any atom is 0.335 e. The number of ether oxygens (including phenoxy) is 1. The van der Waals surface area contributed by atoms with Gasteiger partial charge in [0, 0.05) is 11.6 Å². The monoisotopic (exact) mass is 522 g/mol. The Labute approximate surface area is 210 Å². The van der Waals surface area contributed by atoms with Crippen LogP contribution in [0.3, 0.4) is 0 Å². The van der Waals surface area contributed by atoms with Crippen LogP contribution in [0, 0.1) is 30.3 Å². The van der Waals surface area contributed by atoms with Crippen LogP contribution in [0.4, 0.5) is 17.1 Å². The van der Waals surface area contributed by atoms with Crippen molar-refractivity contribution in [2.45, 2.75) is 19.3 Å². The van der Waals surface area contributed by atoms with E-state index < -0.39 is 37.6 Å². The number of methoxy groups -OCH3 is 1. The second-order valence-electron chi connectivity index (χ2n) is 7.65. The molecule has 0 bridgehead atoms. The first kappa shape index (κ1) is 28.1. The molecule has 36 heavy (non-hydrogen) atoms. The Hall–Kier alpha value is -4.10. The number of hydrogen-bond acceptors (Lipinski definition) is 10. The highest BCUT2D eigenvalue weighted by Crippen LogP contribution is 2.38. The highest BCUT2D eigenvalue weighted by Gasteiger charge is 2.30. The molecule has 0 radical (unpaired) electrons. The number of nitro benzene ring substituents is 3. The number of hydrogen-bond donors (Lipinski definition) is 1. The third-order valence-electron chi connectivity index (χ3n) is 5.16. The SMILES string of the molecule is COC(=O)C(=Cc1ccc(Cl)cc1)CN1CCCCC1.O=[N+]([O-])c1cc([N+](=O)[O-])c(O)c([N+](=O)[O-])c1. The van der Waals surface area contributed by atoms with Gasteiger partial charge < -0.3 is 9.84 Å². The fourth-order valence-corrected chi connectivity index (χ4v) is 3.52. The van der Waals surface area contributed by atoms with E-state index in [1.165, 1.54) is 26.4 Å². The molecule has 0 saturated carbocycles. The second kappa shape index (κ2) is 13.1. The molecule has 0 aliphatic carbocycles. The van der Waals surface area contributed by atoms with E-state index in [4.69, 9.17) is 21.4 Å². The summed E-state index contributed by atoms with van der Waals surface area (Å²) in [7, 11) is 1.42. The molecule has 1 N–H and O–H groups in total. The first-order chi connectivity index (χ1) is 17.0. The number of benzene rings is 2. The van der Waals surface area contributed by atoms with E-state index in [1.807, 2.05) is 30.3 Å². The average molecular weight is 523 g/mol. The molecule has 192 valence electrons. The van der Waals surface area contributed by atoms with Crippen molar-refractivity contribution in [2.75, 3.05) is 26.7 Å².